The summed E-state index contributed by atoms with van der Waals surface area (Å²) in [6.45, 7) is 4.85. The molecule has 0 aliphatic heterocycles. The minimum absolute atomic E-state index is 0.645. The van der Waals surface area contributed by atoms with Crippen LogP contribution in [0.25, 0.3) is 5.69 Å². The molecular weight excluding hydrogens is 210 g/mol. The van der Waals surface area contributed by atoms with Crippen LogP contribution in [0.4, 0.5) is 0 Å². The van der Waals surface area contributed by atoms with Crippen molar-refractivity contribution in [3.63, 3.8) is 0 Å². The van der Waals surface area contributed by atoms with Crippen LogP contribution in [0.2, 0.25) is 0 Å². The second-order valence-corrected chi connectivity index (χ2v) is 4.17. The Morgan fingerprint density at radius 2 is 2.06 bits per heavy atom. The van der Waals surface area contributed by atoms with Crippen LogP contribution in [0.3, 0.4) is 0 Å². The Labute approximate surface area is 102 Å². The average molecular weight is 229 g/mol. The van der Waals surface area contributed by atoms with Crippen molar-refractivity contribution in [2.45, 2.75) is 26.7 Å². The number of aryl methyl sites for hydroxylation is 2. The van der Waals surface area contributed by atoms with Crippen molar-refractivity contribution in [1.82, 2.24) is 9.55 Å². The fourth-order valence-electron chi connectivity index (χ4n) is 2.09. The van der Waals surface area contributed by atoms with Crippen LogP contribution in [0.15, 0.2) is 30.5 Å². The molecule has 2 aromatic rings. The second-order valence-electron chi connectivity index (χ2n) is 4.17. The van der Waals surface area contributed by atoms with Gasteiger partial charge in [-0.3, -0.25) is 0 Å². The predicted octanol–water partition coefficient (Wildman–Crippen LogP) is 2.24. The number of rotatable bonds is 4. The topological polar surface area (TPSA) is 43.8 Å². The highest BCUT2D eigenvalue weighted by Gasteiger charge is 2.08. The molecule has 90 valence electrons. The Morgan fingerprint density at radius 1 is 1.29 bits per heavy atom. The van der Waals surface area contributed by atoms with E-state index in [2.05, 4.69) is 46.9 Å². The minimum Gasteiger partial charge on any atom is -0.330 e. The summed E-state index contributed by atoms with van der Waals surface area (Å²) in [4.78, 5) is 4.54. The van der Waals surface area contributed by atoms with E-state index in [-0.39, 0.29) is 0 Å². The lowest BCUT2D eigenvalue weighted by Gasteiger charge is -2.09. The van der Waals surface area contributed by atoms with Crippen LogP contribution in [0, 0.1) is 6.92 Å². The first-order chi connectivity index (χ1) is 8.26. The lowest BCUT2D eigenvalue weighted by molar-refractivity contribution is 0.927. The molecule has 0 unspecified atom stereocenters. The summed E-state index contributed by atoms with van der Waals surface area (Å²) >= 11 is 0. The third-order valence-electron chi connectivity index (χ3n) is 2.96. The van der Waals surface area contributed by atoms with E-state index in [1.165, 1.54) is 11.3 Å². The van der Waals surface area contributed by atoms with Gasteiger partial charge in [-0.05, 0) is 31.5 Å². The van der Waals surface area contributed by atoms with E-state index in [1.807, 2.05) is 6.92 Å². The monoisotopic (exact) mass is 229 g/mol. The maximum atomic E-state index is 5.57. The van der Waals surface area contributed by atoms with Gasteiger partial charge in [0.2, 0.25) is 0 Å². The van der Waals surface area contributed by atoms with E-state index in [4.69, 9.17) is 5.73 Å². The number of imidazole rings is 1. The van der Waals surface area contributed by atoms with Crippen LogP contribution in [0.5, 0.6) is 0 Å². The fraction of sp³-hybridized carbons (Fsp3) is 0.357. The lowest BCUT2D eigenvalue weighted by Crippen LogP contribution is -2.02. The van der Waals surface area contributed by atoms with Crippen molar-refractivity contribution < 1.29 is 0 Å². The molecule has 0 spiro atoms. The number of aromatic nitrogens is 2. The summed E-state index contributed by atoms with van der Waals surface area (Å²) in [7, 11) is 0. The molecule has 0 atom stereocenters. The van der Waals surface area contributed by atoms with Gasteiger partial charge in [-0.15, -0.1) is 0 Å². The number of hydrogen-bond donors (Lipinski definition) is 1. The van der Waals surface area contributed by atoms with Gasteiger partial charge in [0.15, 0.2) is 0 Å². The van der Waals surface area contributed by atoms with E-state index in [9.17, 15) is 0 Å². The molecule has 0 radical (unpaired) electrons. The first kappa shape index (κ1) is 11.9. The van der Waals surface area contributed by atoms with Gasteiger partial charge in [0.1, 0.15) is 5.82 Å². The Morgan fingerprint density at radius 3 is 2.76 bits per heavy atom. The molecule has 0 saturated carbocycles. The first-order valence-electron chi connectivity index (χ1n) is 6.09. The number of nitrogens with two attached hydrogens (primary N) is 1. The van der Waals surface area contributed by atoms with Crippen LogP contribution in [-0.4, -0.2) is 16.1 Å². The molecule has 0 aliphatic carbocycles. The van der Waals surface area contributed by atoms with Gasteiger partial charge < -0.3 is 10.3 Å². The largest absolute Gasteiger partial charge is 0.330 e. The van der Waals surface area contributed by atoms with Crippen molar-refractivity contribution in [2.75, 3.05) is 6.54 Å². The molecule has 2 N–H and O–H groups in total. The zero-order valence-electron chi connectivity index (χ0n) is 10.5. The highest BCUT2D eigenvalue weighted by atomic mass is 15.1. The minimum atomic E-state index is 0.645. The Kier molecular flexibility index (Phi) is 3.59. The van der Waals surface area contributed by atoms with Gasteiger partial charge in [-0.1, -0.05) is 25.1 Å². The first-order valence-corrected chi connectivity index (χ1v) is 6.09. The molecule has 2 rings (SSSR count). The van der Waals surface area contributed by atoms with E-state index in [0.717, 1.165) is 24.4 Å². The van der Waals surface area contributed by atoms with Gasteiger partial charge in [-0.25, -0.2) is 4.98 Å². The van der Waals surface area contributed by atoms with Gasteiger partial charge in [-0.2, -0.15) is 0 Å². The van der Waals surface area contributed by atoms with Crippen molar-refractivity contribution in [3.05, 3.63) is 47.5 Å². The summed E-state index contributed by atoms with van der Waals surface area (Å²) in [6.07, 6.45) is 3.96. The van der Waals surface area contributed by atoms with E-state index in [0.29, 0.717) is 6.54 Å². The summed E-state index contributed by atoms with van der Waals surface area (Å²) in [6, 6.07) is 8.45. The van der Waals surface area contributed by atoms with Crippen molar-refractivity contribution in [3.8, 4) is 5.69 Å². The standard InChI is InChI=1S/C14H19N3/c1-3-12-6-4-5-7-14(12)17-10-13(8-9-15)16-11(17)2/h4-7,10H,3,8-9,15H2,1-2H3. The van der Waals surface area contributed by atoms with Gasteiger partial charge >= 0.3 is 0 Å². The smallest absolute Gasteiger partial charge is 0.110 e. The summed E-state index contributed by atoms with van der Waals surface area (Å²) < 4.78 is 2.16. The van der Waals surface area contributed by atoms with Crippen molar-refractivity contribution >= 4 is 0 Å². The Bertz CT molecular complexity index is 500. The van der Waals surface area contributed by atoms with Gasteiger partial charge in [0.25, 0.3) is 0 Å². The molecule has 0 saturated heterocycles. The zero-order chi connectivity index (χ0) is 12.3. The van der Waals surface area contributed by atoms with Crippen LogP contribution < -0.4 is 5.73 Å². The number of nitrogens with zero attached hydrogens (tertiary/aromatic N) is 2. The average Bonchev–Trinajstić information content (AvgIpc) is 2.70. The van der Waals surface area contributed by atoms with Crippen molar-refractivity contribution in [2.24, 2.45) is 5.73 Å². The summed E-state index contributed by atoms with van der Waals surface area (Å²) in [5.74, 6) is 1.02. The molecule has 1 aromatic heterocycles. The lowest BCUT2D eigenvalue weighted by atomic mass is 10.1. The number of para-hydroxylation sites is 1. The van der Waals surface area contributed by atoms with E-state index < -0.39 is 0 Å². The van der Waals surface area contributed by atoms with Gasteiger partial charge in [0, 0.05) is 18.3 Å². The van der Waals surface area contributed by atoms with Gasteiger partial charge in [0.05, 0.1) is 5.69 Å². The number of hydrogen-bond acceptors (Lipinski definition) is 2. The molecule has 0 aliphatic rings. The molecular formula is C14H19N3. The molecule has 0 bridgehead atoms. The molecule has 1 aromatic carbocycles. The Balaban J connectivity index is 2.45. The maximum absolute atomic E-state index is 5.57. The third-order valence-corrected chi connectivity index (χ3v) is 2.96. The predicted molar refractivity (Wildman–Crippen MR) is 70.4 cm³/mol. The highest BCUT2D eigenvalue weighted by molar-refractivity contribution is 5.42. The second kappa shape index (κ2) is 5.15. The maximum Gasteiger partial charge on any atom is 0.110 e. The molecule has 0 fully saturated rings. The van der Waals surface area contributed by atoms with Crippen LogP contribution >= 0.6 is 0 Å². The van der Waals surface area contributed by atoms with E-state index >= 15 is 0 Å². The van der Waals surface area contributed by atoms with Crippen LogP contribution in [0.1, 0.15) is 24.0 Å². The quantitative estimate of drug-likeness (QED) is 0.873. The summed E-state index contributed by atoms with van der Waals surface area (Å²) in [5, 5.41) is 0. The Hall–Kier alpha value is -1.61. The molecule has 0 amide bonds. The van der Waals surface area contributed by atoms with E-state index in [1.54, 1.807) is 0 Å². The fourth-order valence-corrected chi connectivity index (χ4v) is 2.09. The normalized spacial score (nSPS) is 10.8. The summed E-state index contributed by atoms with van der Waals surface area (Å²) in [5.41, 5.74) is 9.20. The third kappa shape index (κ3) is 2.39. The molecule has 17 heavy (non-hydrogen) atoms. The SMILES string of the molecule is CCc1ccccc1-n1cc(CCN)nc1C. The number of benzene rings is 1. The molecule has 3 heteroatoms. The highest BCUT2D eigenvalue weighted by Crippen LogP contribution is 2.17. The van der Waals surface area contributed by atoms with Crippen molar-refractivity contribution in [1.29, 1.82) is 0 Å². The molecule has 3 nitrogen and oxygen atoms in total. The zero-order valence-corrected chi connectivity index (χ0v) is 10.5. The molecule has 1 heterocycles. The van der Waals surface area contributed by atoms with Crippen LogP contribution in [-0.2, 0) is 12.8 Å².